The van der Waals surface area contributed by atoms with Crippen molar-refractivity contribution >= 4 is 29.0 Å². The summed E-state index contributed by atoms with van der Waals surface area (Å²) in [6.45, 7) is 2.54. The minimum absolute atomic E-state index is 0.0245. The summed E-state index contributed by atoms with van der Waals surface area (Å²) in [5.74, 6) is -0.0127. The Hall–Kier alpha value is -3.01. The normalized spacial score (nSPS) is 17.4. The third-order valence-electron chi connectivity index (χ3n) is 5.33. The summed E-state index contributed by atoms with van der Waals surface area (Å²) in [6.07, 6.45) is 4.14. The maximum Gasteiger partial charge on any atom is 0.271 e. The Labute approximate surface area is 167 Å². The molecule has 2 aromatic rings. The standard InChI is InChI=1S/C19H25N5O5/c1-2-3-5-13(11-22(27)12-25)19(26)23-9-4-6-17(23)18-20-15-8-7-14(24(28)29)10-16(15)21-18/h7-8,10,12-13,17,27H,2-6,9,11H2,1H3,(H,20,21)/t13?,17-/m0/s1. The Kier molecular flexibility index (Phi) is 6.42. The van der Waals surface area contributed by atoms with Crippen molar-refractivity contribution in [1.29, 1.82) is 0 Å². The number of carbonyl (C=O) groups is 2. The summed E-state index contributed by atoms with van der Waals surface area (Å²) < 4.78 is 0. The van der Waals surface area contributed by atoms with E-state index in [2.05, 4.69) is 9.97 Å². The summed E-state index contributed by atoms with van der Waals surface area (Å²) in [4.78, 5) is 43.9. The number of likely N-dealkylation sites (tertiary alicyclic amines) is 1. The number of hydrogen-bond acceptors (Lipinski definition) is 6. The minimum atomic E-state index is -0.490. The number of fused-ring (bicyclic) bond motifs is 1. The van der Waals surface area contributed by atoms with Crippen molar-refractivity contribution in [3.63, 3.8) is 0 Å². The molecule has 10 nitrogen and oxygen atoms in total. The van der Waals surface area contributed by atoms with Crippen molar-refractivity contribution in [2.75, 3.05) is 13.1 Å². The zero-order chi connectivity index (χ0) is 21.0. The molecule has 2 heterocycles. The van der Waals surface area contributed by atoms with Gasteiger partial charge in [0.05, 0.1) is 34.5 Å². The predicted molar refractivity (Wildman–Crippen MR) is 104 cm³/mol. The minimum Gasteiger partial charge on any atom is -0.340 e. The summed E-state index contributed by atoms with van der Waals surface area (Å²) in [7, 11) is 0. The second kappa shape index (κ2) is 8.99. The molecule has 0 aliphatic carbocycles. The Morgan fingerprint density at radius 1 is 1.55 bits per heavy atom. The topological polar surface area (TPSA) is 133 Å². The second-order valence-corrected chi connectivity index (χ2v) is 7.34. The summed E-state index contributed by atoms with van der Waals surface area (Å²) >= 11 is 0. The smallest absolute Gasteiger partial charge is 0.271 e. The first-order chi connectivity index (χ1) is 13.9. The van der Waals surface area contributed by atoms with Crippen LogP contribution in [0.2, 0.25) is 0 Å². The second-order valence-electron chi connectivity index (χ2n) is 7.34. The number of H-pyrrole nitrogens is 1. The lowest BCUT2D eigenvalue weighted by molar-refractivity contribution is -0.384. The molecule has 0 radical (unpaired) electrons. The number of nitro groups is 1. The van der Waals surface area contributed by atoms with E-state index in [1.54, 1.807) is 11.0 Å². The zero-order valence-electron chi connectivity index (χ0n) is 16.3. The van der Waals surface area contributed by atoms with E-state index in [4.69, 9.17) is 0 Å². The first-order valence-electron chi connectivity index (χ1n) is 9.80. The van der Waals surface area contributed by atoms with Crippen molar-refractivity contribution < 1.29 is 19.7 Å². The number of hydroxylamine groups is 2. The SMILES string of the molecule is CCCCC(CN(O)C=O)C(=O)N1CCC[C@H]1c1nc2ccc([N+](=O)[O-])cc2[nH]1. The van der Waals surface area contributed by atoms with Crippen LogP contribution in [0.4, 0.5) is 5.69 Å². The number of aromatic nitrogens is 2. The van der Waals surface area contributed by atoms with E-state index in [-0.39, 0.29) is 24.2 Å². The highest BCUT2D eigenvalue weighted by atomic mass is 16.6. The monoisotopic (exact) mass is 403 g/mol. The van der Waals surface area contributed by atoms with Crippen molar-refractivity contribution in [2.45, 2.75) is 45.1 Å². The van der Waals surface area contributed by atoms with Crippen LogP contribution in [0.1, 0.15) is 50.9 Å². The number of hydrogen-bond donors (Lipinski definition) is 2. The fraction of sp³-hybridized carbons (Fsp3) is 0.526. The molecule has 0 spiro atoms. The van der Waals surface area contributed by atoms with Crippen molar-refractivity contribution in [3.8, 4) is 0 Å². The van der Waals surface area contributed by atoms with E-state index in [0.717, 1.165) is 25.7 Å². The molecule has 29 heavy (non-hydrogen) atoms. The molecule has 1 aromatic carbocycles. The number of amides is 2. The molecule has 156 valence electrons. The highest BCUT2D eigenvalue weighted by Crippen LogP contribution is 2.34. The molecular formula is C19H25N5O5. The van der Waals surface area contributed by atoms with Gasteiger partial charge in [0, 0.05) is 18.7 Å². The van der Waals surface area contributed by atoms with Crippen molar-refractivity contribution in [2.24, 2.45) is 5.92 Å². The molecule has 2 N–H and O–H groups in total. The van der Waals surface area contributed by atoms with Crippen LogP contribution in [0.3, 0.4) is 0 Å². The van der Waals surface area contributed by atoms with Crippen LogP contribution in [-0.2, 0) is 9.59 Å². The molecule has 2 atom stereocenters. The zero-order valence-corrected chi connectivity index (χ0v) is 16.3. The fourth-order valence-electron chi connectivity index (χ4n) is 3.85. The van der Waals surface area contributed by atoms with Gasteiger partial charge in [0.2, 0.25) is 12.3 Å². The van der Waals surface area contributed by atoms with Crippen molar-refractivity contribution in [1.82, 2.24) is 19.9 Å². The van der Waals surface area contributed by atoms with Gasteiger partial charge in [0.1, 0.15) is 5.82 Å². The Morgan fingerprint density at radius 3 is 3.03 bits per heavy atom. The largest absolute Gasteiger partial charge is 0.340 e. The molecule has 10 heteroatoms. The number of non-ortho nitro benzene ring substituents is 1. The number of nitrogens with zero attached hydrogens (tertiary/aromatic N) is 4. The van der Waals surface area contributed by atoms with Gasteiger partial charge in [0.25, 0.3) is 5.69 Å². The van der Waals surface area contributed by atoms with Crippen LogP contribution >= 0.6 is 0 Å². The molecule has 2 amide bonds. The third-order valence-corrected chi connectivity index (χ3v) is 5.33. The summed E-state index contributed by atoms with van der Waals surface area (Å²) in [5.41, 5.74) is 1.14. The van der Waals surface area contributed by atoms with E-state index < -0.39 is 10.8 Å². The summed E-state index contributed by atoms with van der Waals surface area (Å²) in [6, 6.07) is 4.17. The average Bonchev–Trinajstić information content (AvgIpc) is 3.36. The molecular weight excluding hydrogens is 378 g/mol. The molecule has 0 bridgehead atoms. The van der Waals surface area contributed by atoms with E-state index in [1.807, 2.05) is 6.92 Å². The van der Waals surface area contributed by atoms with Crippen LogP contribution in [0.15, 0.2) is 18.2 Å². The van der Waals surface area contributed by atoms with Crippen LogP contribution < -0.4 is 0 Å². The quantitative estimate of drug-likeness (QED) is 0.286. The maximum atomic E-state index is 13.2. The maximum absolute atomic E-state index is 13.2. The van der Waals surface area contributed by atoms with Crippen LogP contribution in [0, 0.1) is 16.0 Å². The predicted octanol–water partition coefficient (Wildman–Crippen LogP) is 2.79. The molecule has 3 rings (SSSR count). The van der Waals surface area contributed by atoms with Gasteiger partial charge >= 0.3 is 0 Å². The molecule has 1 saturated heterocycles. The number of nitro benzene ring substituents is 1. The van der Waals surface area contributed by atoms with E-state index in [0.29, 0.717) is 41.3 Å². The van der Waals surface area contributed by atoms with Gasteiger partial charge in [-0.25, -0.2) is 10.0 Å². The molecule has 0 saturated carbocycles. The number of carbonyl (C=O) groups excluding carboxylic acids is 2. The van der Waals surface area contributed by atoms with Gasteiger partial charge in [-0.3, -0.25) is 24.9 Å². The lowest BCUT2D eigenvalue weighted by atomic mass is 9.99. The number of benzene rings is 1. The van der Waals surface area contributed by atoms with Gasteiger partial charge in [-0.1, -0.05) is 19.8 Å². The Morgan fingerprint density at radius 2 is 2.34 bits per heavy atom. The lowest BCUT2D eigenvalue weighted by Gasteiger charge is -2.29. The van der Waals surface area contributed by atoms with Crippen molar-refractivity contribution in [3.05, 3.63) is 34.1 Å². The molecule has 1 aliphatic heterocycles. The lowest BCUT2D eigenvalue weighted by Crippen LogP contribution is -2.40. The molecule has 1 aromatic heterocycles. The highest BCUT2D eigenvalue weighted by molar-refractivity contribution is 5.81. The van der Waals surface area contributed by atoms with Gasteiger partial charge in [-0.15, -0.1) is 0 Å². The number of nitrogens with one attached hydrogen (secondary N) is 1. The first kappa shape index (κ1) is 20.7. The fourth-order valence-corrected chi connectivity index (χ4v) is 3.85. The molecule has 1 fully saturated rings. The number of aromatic amines is 1. The van der Waals surface area contributed by atoms with Crippen LogP contribution in [0.25, 0.3) is 11.0 Å². The Balaban J connectivity index is 1.83. The van der Waals surface area contributed by atoms with E-state index >= 15 is 0 Å². The third kappa shape index (κ3) is 4.53. The molecule has 1 unspecified atom stereocenters. The Bertz CT molecular complexity index is 898. The van der Waals surface area contributed by atoms with Gasteiger partial charge in [-0.2, -0.15) is 0 Å². The van der Waals surface area contributed by atoms with Crippen LogP contribution in [0.5, 0.6) is 0 Å². The number of rotatable bonds is 9. The average molecular weight is 403 g/mol. The van der Waals surface area contributed by atoms with E-state index in [9.17, 15) is 24.9 Å². The number of imidazole rings is 1. The van der Waals surface area contributed by atoms with Gasteiger partial charge < -0.3 is 9.88 Å². The van der Waals surface area contributed by atoms with Crippen LogP contribution in [-0.4, -0.2) is 55.5 Å². The first-order valence-corrected chi connectivity index (χ1v) is 9.80. The highest BCUT2D eigenvalue weighted by Gasteiger charge is 2.36. The summed E-state index contributed by atoms with van der Waals surface area (Å²) in [5, 5.41) is 21.1. The van der Waals surface area contributed by atoms with E-state index in [1.165, 1.54) is 12.1 Å². The van der Waals surface area contributed by atoms with Gasteiger partial charge in [-0.05, 0) is 25.3 Å². The molecule has 1 aliphatic rings. The number of unbranched alkanes of at least 4 members (excludes halogenated alkanes) is 1. The van der Waals surface area contributed by atoms with Gasteiger partial charge in [0.15, 0.2) is 0 Å².